The quantitative estimate of drug-likeness (QED) is 0.386. The Balaban J connectivity index is 1.12. The van der Waals surface area contributed by atoms with Gasteiger partial charge in [0.05, 0.1) is 30.0 Å². The number of hydrogen-bond donors (Lipinski definition) is 2. The van der Waals surface area contributed by atoms with Crippen LogP contribution in [0.1, 0.15) is 18.4 Å². The summed E-state index contributed by atoms with van der Waals surface area (Å²) < 4.78 is 69.8. The van der Waals surface area contributed by atoms with Crippen LogP contribution in [0.15, 0.2) is 22.6 Å². The second-order valence-electron chi connectivity index (χ2n) is 11.1. The molecule has 2 aromatic heterocycles. The van der Waals surface area contributed by atoms with Gasteiger partial charge in [0, 0.05) is 33.9 Å². The summed E-state index contributed by atoms with van der Waals surface area (Å²) in [6.45, 7) is 1.75. The van der Waals surface area contributed by atoms with E-state index in [-0.39, 0.29) is 52.9 Å². The average Bonchev–Trinajstić information content (AvgIpc) is 3.61. The van der Waals surface area contributed by atoms with Crippen LogP contribution in [0.3, 0.4) is 0 Å². The van der Waals surface area contributed by atoms with Crippen LogP contribution in [0, 0.1) is 17.6 Å². The molecule has 0 amide bonds. The number of nitrogens with one attached hydrogen (secondary N) is 1. The van der Waals surface area contributed by atoms with E-state index < -0.39 is 52.4 Å². The highest BCUT2D eigenvalue weighted by Crippen LogP contribution is 2.32. The first-order valence-electron chi connectivity index (χ1n) is 13.7. The largest absolute Gasteiger partial charge is 0.471 e. The lowest BCUT2D eigenvalue weighted by Gasteiger charge is -2.29. The maximum absolute atomic E-state index is 15.0. The van der Waals surface area contributed by atoms with E-state index in [0.717, 1.165) is 38.1 Å². The molecule has 228 valence electrons. The first kappa shape index (κ1) is 29.5. The number of fused-ring (bicyclic) bond motifs is 2. The molecule has 3 aliphatic heterocycles. The van der Waals surface area contributed by atoms with Crippen molar-refractivity contribution in [2.75, 3.05) is 45.4 Å². The molecule has 15 heteroatoms. The number of hydrogen-bond acceptors (Lipinski definition) is 10. The molecule has 1 unspecified atom stereocenters. The van der Waals surface area contributed by atoms with Gasteiger partial charge in [-0.1, -0.05) is 11.6 Å². The Labute approximate surface area is 246 Å². The van der Waals surface area contributed by atoms with Crippen molar-refractivity contribution in [1.82, 2.24) is 19.9 Å². The number of pyridine rings is 1. The Morgan fingerprint density at radius 1 is 1.17 bits per heavy atom. The third-order valence-electron chi connectivity index (χ3n) is 7.78. The van der Waals surface area contributed by atoms with Gasteiger partial charge in [-0.2, -0.15) is 14.3 Å². The van der Waals surface area contributed by atoms with Gasteiger partial charge in [0.25, 0.3) is 6.01 Å². The minimum Gasteiger partial charge on any atom is -0.471 e. The van der Waals surface area contributed by atoms with Gasteiger partial charge in [-0.3, -0.25) is 0 Å². The third kappa shape index (κ3) is 6.33. The lowest BCUT2D eigenvalue weighted by molar-refractivity contribution is 0.00706. The molecular formula is C27H32ClF2N5O6S. The second-order valence-corrected chi connectivity index (χ2v) is 14.0. The van der Waals surface area contributed by atoms with Crippen molar-refractivity contribution in [3.63, 3.8) is 0 Å². The van der Waals surface area contributed by atoms with Crippen molar-refractivity contribution >= 4 is 38.2 Å². The van der Waals surface area contributed by atoms with Crippen molar-refractivity contribution in [2.45, 2.75) is 43.9 Å². The molecule has 0 saturated carbocycles. The number of imidazole rings is 1. The van der Waals surface area contributed by atoms with Gasteiger partial charge in [-0.05, 0) is 45.0 Å². The van der Waals surface area contributed by atoms with Crippen LogP contribution in [0.5, 0.6) is 11.9 Å². The molecule has 1 aromatic carbocycles. The topological polar surface area (TPSA) is 131 Å². The van der Waals surface area contributed by atoms with Crippen molar-refractivity contribution in [3.05, 3.63) is 40.4 Å². The number of nitrogens with zero attached hydrogens (tertiary/aromatic N) is 4. The standard InChI is InChI=1S/C27H32ClF2N5O6S/c1-35-5-3-14(4-6-35)13-42(2,37)34-15-7-18(29)16(19(30)8-15)10-40-26-17(28)9-20-25(32-26)33-27(31-20)41-22-12-39-23-21(36)11-38-24(22)23/h7-9,14,21-24,36H,3-6,10-13H2,1-2H3,(H,31,32,33)/t21-,22-,23-,24-,42?/m1/s1. The molecule has 0 spiro atoms. The summed E-state index contributed by atoms with van der Waals surface area (Å²) in [7, 11) is -0.625. The first-order valence-corrected chi connectivity index (χ1v) is 16.1. The maximum atomic E-state index is 15.0. The molecule has 3 saturated heterocycles. The Hall–Kier alpha value is -2.62. The van der Waals surface area contributed by atoms with Crippen LogP contribution < -0.4 is 9.47 Å². The van der Waals surface area contributed by atoms with E-state index in [1.807, 2.05) is 7.05 Å². The number of ether oxygens (including phenoxy) is 4. The van der Waals surface area contributed by atoms with E-state index in [1.54, 1.807) is 0 Å². The molecule has 0 radical (unpaired) electrons. The molecule has 42 heavy (non-hydrogen) atoms. The van der Waals surface area contributed by atoms with E-state index in [1.165, 1.54) is 12.3 Å². The summed E-state index contributed by atoms with van der Waals surface area (Å²) in [5, 5.41) is 10.0. The highest BCUT2D eigenvalue weighted by molar-refractivity contribution is 7.93. The minimum atomic E-state index is -2.67. The number of benzene rings is 1. The summed E-state index contributed by atoms with van der Waals surface area (Å²) in [4.78, 5) is 13.7. The summed E-state index contributed by atoms with van der Waals surface area (Å²) >= 11 is 6.32. The van der Waals surface area contributed by atoms with Crippen LogP contribution in [0.25, 0.3) is 11.2 Å². The van der Waals surface area contributed by atoms with Crippen LogP contribution in [0.4, 0.5) is 14.5 Å². The lowest BCUT2D eigenvalue weighted by atomic mass is 10.00. The number of halogens is 3. The molecule has 5 atom stereocenters. The summed E-state index contributed by atoms with van der Waals surface area (Å²) in [6.07, 6.45) is 1.30. The maximum Gasteiger partial charge on any atom is 0.296 e. The van der Waals surface area contributed by atoms with Gasteiger partial charge in [0.2, 0.25) is 5.88 Å². The predicted octanol–water partition coefficient (Wildman–Crippen LogP) is 3.45. The number of rotatable bonds is 8. The molecule has 0 bridgehead atoms. The number of aromatic nitrogens is 3. The molecular weight excluding hydrogens is 596 g/mol. The number of aromatic amines is 1. The Kier molecular flexibility index (Phi) is 8.28. The molecule has 6 rings (SSSR count). The van der Waals surface area contributed by atoms with Gasteiger partial charge in [-0.25, -0.2) is 13.0 Å². The monoisotopic (exact) mass is 627 g/mol. The van der Waals surface area contributed by atoms with Crippen molar-refractivity contribution in [3.8, 4) is 11.9 Å². The Morgan fingerprint density at radius 2 is 1.88 bits per heavy atom. The smallest absolute Gasteiger partial charge is 0.296 e. The summed E-state index contributed by atoms with van der Waals surface area (Å²) in [5.74, 6) is -1.19. The third-order valence-corrected chi connectivity index (χ3v) is 9.74. The van der Waals surface area contributed by atoms with Gasteiger partial charge in [-0.15, -0.1) is 0 Å². The molecule has 3 fully saturated rings. The number of aliphatic hydroxyl groups excluding tert-OH is 1. The van der Waals surface area contributed by atoms with Crippen molar-refractivity contribution in [2.24, 2.45) is 10.3 Å². The highest BCUT2D eigenvalue weighted by atomic mass is 35.5. The first-order chi connectivity index (χ1) is 20.0. The summed E-state index contributed by atoms with van der Waals surface area (Å²) in [6, 6.07) is 3.77. The fraction of sp³-hybridized carbons (Fsp3) is 0.556. The van der Waals surface area contributed by atoms with E-state index in [0.29, 0.717) is 11.3 Å². The molecule has 11 nitrogen and oxygen atoms in total. The fourth-order valence-electron chi connectivity index (χ4n) is 5.57. The normalized spacial score (nSPS) is 26.3. The molecule has 3 aromatic rings. The van der Waals surface area contributed by atoms with Crippen LogP contribution in [-0.2, 0) is 25.8 Å². The Bertz CT molecular complexity index is 1570. The fourth-order valence-corrected chi connectivity index (χ4v) is 7.61. The highest BCUT2D eigenvalue weighted by Gasteiger charge is 2.48. The van der Waals surface area contributed by atoms with Gasteiger partial charge >= 0.3 is 0 Å². The number of piperidine rings is 1. The van der Waals surface area contributed by atoms with Crippen molar-refractivity contribution < 1.29 is 37.0 Å². The molecule has 5 heterocycles. The van der Waals surface area contributed by atoms with Crippen LogP contribution in [0.2, 0.25) is 5.02 Å². The number of aliphatic hydroxyl groups is 1. The van der Waals surface area contributed by atoms with Crippen LogP contribution >= 0.6 is 11.6 Å². The molecule has 3 aliphatic rings. The van der Waals surface area contributed by atoms with E-state index in [4.69, 9.17) is 30.5 Å². The zero-order valence-corrected chi connectivity index (χ0v) is 24.7. The zero-order chi connectivity index (χ0) is 29.6. The average molecular weight is 628 g/mol. The lowest BCUT2D eigenvalue weighted by Crippen LogP contribution is -2.34. The van der Waals surface area contributed by atoms with Gasteiger partial charge in [0.1, 0.15) is 41.6 Å². The molecule has 0 aliphatic carbocycles. The number of likely N-dealkylation sites (tertiary alicyclic amines) is 1. The Morgan fingerprint density at radius 3 is 2.62 bits per heavy atom. The minimum absolute atomic E-state index is 0.0210. The van der Waals surface area contributed by atoms with E-state index >= 15 is 0 Å². The number of H-pyrrole nitrogens is 1. The molecule has 2 N–H and O–H groups in total. The second kappa shape index (κ2) is 11.8. The van der Waals surface area contributed by atoms with Gasteiger partial charge in [0.15, 0.2) is 11.8 Å². The predicted molar refractivity (Wildman–Crippen MR) is 151 cm³/mol. The van der Waals surface area contributed by atoms with Crippen molar-refractivity contribution in [1.29, 1.82) is 0 Å². The van der Waals surface area contributed by atoms with Gasteiger partial charge < -0.3 is 33.9 Å². The van der Waals surface area contributed by atoms with E-state index in [2.05, 4.69) is 24.2 Å². The van der Waals surface area contributed by atoms with E-state index in [9.17, 15) is 18.1 Å². The zero-order valence-electron chi connectivity index (χ0n) is 23.1. The SMILES string of the molecule is CN1CCC(CS(C)(=O)=Nc2cc(F)c(COc3nc4nc(O[C@@H]5CO[C@H]6[C@@H]5OC[C@H]6O)[nH]c4cc3Cl)c(F)c2)CC1. The van der Waals surface area contributed by atoms with Crippen LogP contribution in [-0.4, -0.2) is 98.9 Å². The summed E-state index contributed by atoms with van der Waals surface area (Å²) in [5.41, 5.74) is 0.305.